The molecule has 3 heteroatoms. The van der Waals surface area contributed by atoms with Crippen LogP contribution in [0.25, 0.3) is 0 Å². The molecule has 56 valence electrons. The largest absolute Gasteiger partial charge is 0.385 e. The first-order chi connectivity index (χ1) is 4.27. The highest BCUT2D eigenvalue weighted by Crippen LogP contribution is 1.76. The Balaban J connectivity index is 2.75. The third kappa shape index (κ3) is 7.88. The molecule has 1 N–H and O–H groups in total. The van der Waals surface area contributed by atoms with Crippen molar-refractivity contribution < 1.29 is 4.74 Å². The van der Waals surface area contributed by atoms with Gasteiger partial charge in [0.1, 0.15) is 0 Å². The van der Waals surface area contributed by atoms with Gasteiger partial charge in [0.05, 0.1) is 0 Å². The summed E-state index contributed by atoms with van der Waals surface area (Å²) in [7, 11) is 5.68. The quantitative estimate of drug-likeness (QED) is 0.424. The third-order valence-corrected chi connectivity index (χ3v) is 0.953. The number of hydrazine groups is 1. The summed E-state index contributed by atoms with van der Waals surface area (Å²) >= 11 is 0. The monoisotopic (exact) mass is 132 g/mol. The molecule has 9 heavy (non-hydrogen) atoms. The fourth-order valence-corrected chi connectivity index (χ4v) is 0.519. The van der Waals surface area contributed by atoms with Gasteiger partial charge in [-0.1, -0.05) is 0 Å². The molecule has 0 aromatic heterocycles. The van der Waals surface area contributed by atoms with Gasteiger partial charge in [-0.15, -0.1) is 0 Å². The fourth-order valence-electron chi connectivity index (χ4n) is 0.519. The predicted octanol–water partition coefficient (Wildman–Crippen LogP) is 0.0891. The Morgan fingerprint density at radius 2 is 2.11 bits per heavy atom. The normalized spacial score (nSPS) is 10.7. The zero-order valence-electron chi connectivity index (χ0n) is 6.48. The van der Waals surface area contributed by atoms with Crippen molar-refractivity contribution in [3.8, 4) is 0 Å². The average Bonchev–Trinajstić information content (AvgIpc) is 1.80. The van der Waals surface area contributed by atoms with E-state index in [4.69, 9.17) is 4.74 Å². The number of ether oxygens (including phenoxy) is 1. The smallest absolute Gasteiger partial charge is 0.0474 e. The van der Waals surface area contributed by atoms with Crippen LogP contribution in [0.5, 0.6) is 0 Å². The number of methoxy groups -OCH3 is 1. The second kappa shape index (κ2) is 6.01. The third-order valence-electron chi connectivity index (χ3n) is 0.953. The minimum Gasteiger partial charge on any atom is -0.385 e. The minimum absolute atomic E-state index is 0.834. The fraction of sp³-hybridized carbons (Fsp3) is 1.00. The molecule has 0 heterocycles. The first kappa shape index (κ1) is 8.88. The minimum atomic E-state index is 0.834. The topological polar surface area (TPSA) is 24.5 Å². The van der Waals surface area contributed by atoms with E-state index in [1.54, 1.807) is 7.11 Å². The second-order valence-corrected chi connectivity index (χ2v) is 2.15. The standard InChI is InChI=1S/C6H16N2O/c1-8(2)7-5-4-6-9-3/h7H,4-6H2,1-3H3. The van der Waals surface area contributed by atoms with Crippen LogP contribution in [-0.2, 0) is 4.74 Å². The summed E-state index contributed by atoms with van der Waals surface area (Å²) in [5.41, 5.74) is 3.13. The molecule has 0 fully saturated rings. The van der Waals surface area contributed by atoms with E-state index in [0.717, 1.165) is 19.6 Å². The van der Waals surface area contributed by atoms with Crippen LogP contribution < -0.4 is 5.43 Å². The molecule has 0 aliphatic heterocycles. The summed E-state index contributed by atoms with van der Waals surface area (Å²) in [4.78, 5) is 0. The van der Waals surface area contributed by atoms with Crippen LogP contribution in [0, 0.1) is 0 Å². The molecule has 0 aliphatic carbocycles. The molecule has 0 unspecified atom stereocenters. The Labute approximate surface area is 57.0 Å². The molecule has 0 saturated carbocycles. The van der Waals surface area contributed by atoms with Gasteiger partial charge in [-0.3, -0.25) is 10.4 Å². The molecular formula is C6H16N2O. The molecule has 0 aliphatic rings. The summed E-state index contributed by atoms with van der Waals surface area (Å²) < 4.78 is 4.87. The van der Waals surface area contributed by atoms with Crippen molar-refractivity contribution in [1.29, 1.82) is 0 Å². The van der Waals surface area contributed by atoms with Gasteiger partial charge in [-0.2, -0.15) is 0 Å². The van der Waals surface area contributed by atoms with Gasteiger partial charge >= 0.3 is 0 Å². The number of rotatable bonds is 5. The Kier molecular flexibility index (Phi) is 5.93. The van der Waals surface area contributed by atoms with Crippen LogP contribution in [0.2, 0.25) is 0 Å². The lowest BCUT2D eigenvalue weighted by Gasteiger charge is -2.10. The molecule has 0 aromatic rings. The van der Waals surface area contributed by atoms with Gasteiger partial charge in [0.2, 0.25) is 0 Å². The number of hydrogen-bond donors (Lipinski definition) is 1. The van der Waals surface area contributed by atoms with Crippen LogP contribution in [0.3, 0.4) is 0 Å². The molecule has 0 spiro atoms. The highest BCUT2D eigenvalue weighted by atomic mass is 16.5. The predicted molar refractivity (Wildman–Crippen MR) is 38.2 cm³/mol. The van der Waals surface area contributed by atoms with E-state index in [1.807, 2.05) is 19.1 Å². The zero-order valence-corrected chi connectivity index (χ0v) is 6.48. The van der Waals surface area contributed by atoms with Gasteiger partial charge in [0.25, 0.3) is 0 Å². The molecule has 0 atom stereocenters. The molecule has 0 bridgehead atoms. The van der Waals surface area contributed by atoms with Gasteiger partial charge in [-0.05, 0) is 6.42 Å². The Bertz CT molecular complexity index is 57.0. The van der Waals surface area contributed by atoms with E-state index in [1.165, 1.54) is 0 Å². The van der Waals surface area contributed by atoms with Crippen LogP contribution in [-0.4, -0.2) is 39.4 Å². The molecule has 3 nitrogen and oxygen atoms in total. The van der Waals surface area contributed by atoms with Gasteiger partial charge in [0.15, 0.2) is 0 Å². The van der Waals surface area contributed by atoms with Crippen LogP contribution in [0.4, 0.5) is 0 Å². The summed E-state index contributed by atoms with van der Waals surface area (Å²) in [5, 5.41) is 1.94. The van der Waals surface area contributed by atoms with Gasteiger partial charge in [0, 0.05) is 34.4 Å². The Hall–Kier alpha value is -0.120. The summed E-state index contributed by atoms with van der Waals surface area (Å²) in [6.45, 7) is 1.82. The maximum absolute atomic E-state index is 4.87. The number of nitrogens with zero attached hydrogens (tertiary/aromatic N) is 1. The van der Waals surface area contributed by atoms with Crippen LogP contribution in [0.15, 0.2) is 0 Å². The van der Waals surface area contributed by atoms with E-state index >= 15 is 0 Å². The average molecular weight is 132 g/mol. The summed E-state index contributed by atoms with van der Waals surface area (Å²) in [6, 6.07) is 0. The lowest BCUT2D eigenvalue weighted by molar-refractivity contribution is 0.183. The van der Waals surface area contributed by atoms with Gasteiger partial charge < -0.3 is 4.74 Å². The SMILES string of the molecule is COCCCNN(C)C. The number of hydrogen-bond acceptors (Lipinski definition) is 3. The molecule has 0 saturated heterocycles. The summed E-state index contributed by atoms with van der Waals surface area (Å²) in [5.74, 6) is 0. The van der Waals surface area contributed by atoms with Crippen molar-refractivity contribution in [2.24, 2.45) is 0 Å². The molecule has 0 radical (unpaired) electrons. The number of nitrogens with one attached hydrogen (secondary N) is 1. The Morgan fingerprint density at radius 3 is 2.56 bits per heavy atom. The first-order valence-corrected chi connectivity index (χ1v) is 3.17. The highest BCUT2D eigenvalue weighted by molar-refractivity contribution is 4.38. The van der Waals surface area contributed by atoms with Crippen molar-refractivity contribution in [2.45, 2.75) is 6.42 Å². The van der Waals surface area contributed by atoms with Crippen molar-refractivity contribution >= 4 is 0 Å². The van der Waals surface area contributed by atoms with Crippen LogP contribution >= 0.6 is 0 Å². The van der Waals surface area contributed by atoms with E-state index in [2.05, 4.69) is 5.43 Å². The van der Waals surface area contributed by atoms with Crippen molar-refractivity contribution in [3.05, 3.63) is 0 Å². The molecular weight excluding hydrogens is 116 g/mol. The van der Waals surface area contributed by atoms with Crippen LogP contribution in [0.1, 0.15) is 6.42 Å². The molecule has 0 rings (SSSR count). The second-order valence-electron chi connectivity index (χ2n) is 2.15. The van der Waals surface area contributed by atoms with E-state index in [-0.39, 0.29) is 0 Å². The zero-order chi connectivity index (χ0) is 7.11. The molecule has 0 aromatic carbocycles. The highest BCUT2D eigenvalue weighted by Gasteiger charge is 1.86. The van der Waals surface area contributed by atoms with Gasteiger partial charge in [-0.25, -0.2) is 0 Å². The van der Waals surface area contributed by atoms with E-state index in [9.17, 15) is 0 Å². The Morgan fingerprint density at radius 1 is 1.44 bits per heavy atom. The van der Waals surface area contributed by atoms with Crippen molar-refractivity contribution in [1.82, 2.24) is 10.4 Å². The lowest BCUT2D eigenvalue weighted by atomic mass is 10.5. The summed E-state index contributed by atoms with van der Waals surface area (Å²) in [6.07, 6.45) is 1.06. The van der Waals surface area contributed by atoms with Crippen molar-refractivity contribution in [2.75, 3.05) is 34.4 Å². The van der Waals surface area contributed by atoms with Crippen molar-refractivity contribution in [3.63, 3.8) is 0 Å². The van der Waals surface area contributed by atoms with E-state index < -0.39 is 0 Å². The lowest BCUT2D eigenvalue weighted by Crippen LogP contribution is -2.31. The molecule has 0 amide bonds. The maximum atomic E-state index is 4.87. The first-order valence-electron chi connectivity index (χ1n) is 3.17. The maximum Gasteiger partial charge on any atom is 0.0474 e. The van der Waals surface area contributed by atoms with E-state index in [0.29, 0.717) is 0 Å².